The van der Waals surface area contributed by atoms with Crippen LogP contribution in [0.4, 0.5) is 11.4 Å². The molecule has 9 nitrogen and oxygen atoms in total. The Balaban J connectivity index is 0.00000225. The van der Waals surface area contributed by atoms with E-state index in [0.717, 1.165) is 28.7 Å². The highest BCUT2D eigenvalue weighted by Gasteiger charge is 2.25. The Hall–Kier alpha value is -3.07. The van der Waals surface area contributed by atoms with Gasteiger partial charge >= 0.3 is 5.69 Å². The molecule has 4 rings (SSSR count). The maximum Gasteiger partial charge on any atom is 0.332 e. The first-order valence-corrected chi connectivity index (χ1v) is 8.68. The fraction of sp³-hybridized carbons (Fsp3) is 0.333. The minimum absolute atomic E-state index is 0. The van der Waals surface area contributed by atoms with Crippen molar-refractivity contribution in [1.29, 1.82) is 0 Å². The SMILES string of the molecule is Cl.Cn1c(=O)c2c(ncn2CC(=O)N2CCCc3c(N)cccc32)n(C)c1=O. The van der Waals surface area contributed by atoms with Gasteiger partial charge in [0.05, 0.1) is 6.33 Å². The number of nitrogens with two attached hydrogens (primary N) is 1. The summed E-state index contributed by atoms with van der Waals surface area (Å²) in [6.07, 6.45) is 3.09. The molecule has 0 saturated heterocycles. The summed E-state index contributed by atoms with van der Waals surface area (Å²) >= 11 is 0. The first-order chi connectivity index (χ1) is 12.9. The van der Waals surface area contributed by atoms with Gasteiger partial charge in [0.1, 0.15) is 6.54 Å². The highest BCUT2D eigenvalue weighted by Crippen LogP contribution is 2.31. The molecule has 1 aliphatic heterocycles. The summed E-state index contributed by atoms with van der Waals surface area (Å²) < 4.78 is 3.82. The zero-order valence-corrected chi connectivity index (χ0v) is 16.4. The highest BCUT2D eigenvalue weighted by molar-refractivity contribution is 5.96. The molecule has 3 aromatic rings. The number of halogens is 1. The van der Waals surface area contributed by atoms with Gasteiger partial charge in [0, 0.05) is 32.0 Å². The smallest absolute Gasteiger partial charge is 0.332 e. The van der Waals surface area contributed by atoms with Gasteiger partial charge in [-0.05, 0) is 30.5 Å². The minimum Gasteiger partial charge on any atom is -0.398 e. The Kier molecular flexibility index (Phi) is 5.03. The molecule has 2 aromatic heterocycles. The van der Waals surface area contributed by atoms with Crippen LogP contribution in [0.5, 0.6) is 0 Å². The lowest BCUT2D eigenvalue weighted by atomic mass is 10.00. The Morgan fingerprint density at radius 2 is 1.96 bits per heavy atom. The average Bonchev–Trinajstić information content (AvgIpc) is 3.08. The third kappa shape index (κ3) is 2.88. The van der Waals surface area contributed by atoms with Crippen LogP contribution in [-0.4, -0.2) is 31.1 Å². The van der Waals surface area contributed by atoms with E-state index >= 15 is 0 Å². The number of rotatable bonds is 2. The summed E-state index contributed by atoms with van der Waals surface area (Å²) in [5.74, 6) is -0.156. The summed E-state index contributed by atoms with van der Waals surface area (Å²) in [5, 5.41) is 0. The van der Waals surface area contributed by atoms with Crippen LogP contribution in [0.1, 0.15) is 12.0 Å². The van der Waals surface area contributed by atoms with Crippen molar-refractivity contribution in [1.82, 2.24) is 18.7 Å². The molecule has 1 amide bonds. The third-order valence-corrected chi connectivity index (χ3v) is 5.11. The quantitative estimate of drug-likeness (QED) is 0.622. The molecule has 10 heteroatoms. The van der Waals surface area contributed by atoms with E-state index in [2.05, 4.69) is 4.98 Å². The fourth-order valence-electron chi connectivity index (χ4n) is 3.66. The number of amides is 1. The van der Waals surface area contributed by atoms with Crippen molar-refractivity contribution in [2.45, 2.75) is 19.4 Å². The predicted octanol–water partition coefficient (Wildman–Crippen LogP) is 0.417. The maximum atomic E-state index is 13.0. The number of anilines is 2. The molecule has 28 heavy (non-hydrogen) atoms. The van der Waals surface area contributed by atoms with Gasteiger partial charge in [0.2, 0.25) is 5.91 Å². The molecule has 2 N–H and O–H groups in total. The lowest BCUT2D eigenvalue weighted by Crippen LogP contribution is -2.40. The predicted molar refractivity (Wildman–Crippen MR) is 109 cm³/mol. The zero-order chi connectivity index (χ0) is 19.3. The monoisotopic (exact) mass is 404 g/mol. The van der Waals surface area contributed by atoms with Crippen molar-refractivity contribution in [3.63, 3.8) is 0 Å². The van der Waals surface area contributed by atoms with Crippen LogP contribution in [0.3, 0.4) is 0 Å². The van der Waals surface area contributed by atoms with Gasteiger partial charge in [-0.2, -0.15) is 0 Å². The molecule has 1 aromatic carbocycles. The van der Waals surface area contributed by atoms with Gasteiger partial charge in [0.15, 0.2) is 11.2 Å². The topological polar surface area (TPSA) is 108 Å². The zero-order valence-electron chi connectivity index (χ0n) is 15.6. The fourth-order valence-corrected chi connectivity index (χ4v) is 3.66. The summed E-state index contributed by atoms with van der Waals surface area (Å²) in [7, 11) is 2.96. The van der Waals surface area contributed by atoms with E-state index in [0.29, 0.717) is 12.2 Å². The number of nitrogen functional groups attached to an aromatic ring is 1. The molecule has 0 radical (unpaired) electrons. The number of hydrogen-bond donors (Lipinski definition) is 1. The van der Waals surface area contributed by atoms with Gasteiger partial charge in [0.25, 0.3) is 5.56 Å². The van der Waals surface area contributed by atoms with E-state index in [1.165, 1.54) is 22.5 Å². The lowest BCUT2D eigenvalue weighted by Gasteiger charge is -2.30. The molecule has 3 heterocycles. The largest absolute Gasteiger partial charge is 0.398 e. The molecular formula is C18H21ClN6O3. The Bertz CT molecular complexity index is 1190. The Morgan fingerprint density at radius 3 is 2.71 bits per heavy atom. The second-order valence-electron chi connectivity index (χ2n) is 6.74. The molecule has 0 aliphatic carbocycles. The molecule has 0 saturated carbocycles. The molecule has 148 valence electrons. The molecular weight excluding hydrogens is 384 g/mol. The number of benzene rings is 1. The molecule has 0 bridgehead atoms. The normalized spacial score (nSPS) is 13.3. The average molecular weight is 405 g/mol. The van der Waals surface area contributed by atoms with E-state index in [1.54, 1.807) is 11.9 Å². The van der Waals surface area contributed by atoms with Crippen molar-refractivity contribution in [2.75, 3.05) is 17.2 Å². The van der Waals surface area contributed by atoms with Crippen molar-refractivity contribution < 1.29 is 4.79 Å². The molecule has 0 fully saturated rings. The van der Waals surface area contributed by atoms with Crippen LogP contribution in [0.25, 0.3) is 11.2 Å². The van der Waals surface area contributed by atoms with Crippen LogP contribution in [-0.2, 0) is 31.9 Å². The van der Waals surface area contributed by atoms with E-state index in [1.807, 2.05) is 18.2 Å². The number of nitrogens with zero attached hydrogens (tertiary/aromatic N) is 5. The summed E-state index contributed by atoms with van der Waals surface area (Å²) in [5.41, 5.74) is 8.10. The van der Waals surface area contributed by atoms with Gasteiger partial charge in [-0.3, -0.25) is 18.7 Å². The summed E-state index contributed by atoms with van der Waals surface area (Å²) in [6.45, 7) is 0.552. The van der Waals surface area contributed by atoms with E-state index in [9.17, 15) is 14.4 Å². The standard InChI is InChI=1S/C18H20N6O3.ClH/c1-21-16-15(17(26)22(2)18(21)27)23(10-20-16)9-14(25)24-8-4-5-11-12(19)6-3-7-13(11)24;/h3,6-7,10H,4-5,8-9,19H2,1-2H3;1H. The van der Waals surface area contributed by atoms with Crippen LogP contribution >= 0.6 is 12.4 Å². The van der Waals surface area contributed by atoms with E-state index in [4.69, 9.17) is 5.73 Å². The van der Waals surface area contributed by atoms with Crippen molar-refractivity contribution in [2.24, 2.45) is 14.1 Å². The third-order valence-electron chi connectivity index (χ3n) is 5.11. The van der Waals surface area contributed by atoms with E-state index in [-0.39, 0.29) is 36.0 Å². The molecule has 0 unspecified atom stereocenters. The number of carbonyl (C=O) groups is 1. The van der Waals surface area contributed by atoms with Crippen molar-refractivity contribution in [3.8, 4) is 0 Å². The minimum atomic E-state index is -0.471. The molecule has 0 spiro atoms. The van der Waals surface area contributed by atoms with Crippen LogP contribution in [0.15, 0.2) is 34.1 Å². The van der Waals surface area contributed by atoms with Gasteiger partial charge < -0.3 is 15.2 Å². The lowest BCUT2D eigenvalue weighted by molar-refractivity contribution is -0.119. The van der Waals surface area contributed by atoms with Gasteiger partial charge in [-0.15, -0.1) is 12.4 Å². The first kappa shape index (κ1) is 19.7. The highest BCUT2D eigenvalue weighted by atomic mass is 35.5. The molecule has 1 aliphatic rings. The Labute approximate surface area is 166 Å². The number of fused-ring (bicyclic) bond motifs is 2. The van der Waals surface area contributed by atoms with Crippen LogP contribution < -0.4 is 21.9 Å². The first-order valence-electron chi connectivity index (χ1n) is 8.68. The van der Waals surface area contributed by atoms with Crippen LogP contribution in [0.2, 0.25) is 0 Å². The number of imidazole rings is 1. The second kappa shape index (κ2) is 7.16. The van der Waals surface area contributed by atoms with E-state index < -0.39 is 11.2 Å². The van der Waals surface area contributed by atoms with Crippen molar-refractivity contribution >= 4 is 40.9 Å². The van der Waals surface area contributed by atoms with Gasteiger partial charge in [-0.1, -0.05) is 6.07 Å². The Morgan fingerprint density at radius 1 is 1.21 bits per heavy atom. The summed E-state index contributed by atoms with van der Waals surface area (Å²) in [6, 6.07) is 5.55. The maximum absolute atomic E-state index is 13.0. The van der Waals surface area contributed by atoms with Crippen LogP contribution in [0, 0.1) is 0 Å². The molecule has 0 atom stereocenters. The van der Waals surface area contributed by atoms with Gasteiger partial charge in [-0.25, -0.2) is 9.78 Å². The number of carbonyl (C=O) groups excluding carboxylic acids is 1. The number of aryl methyl sites for hydroxylation is 1. The number of aromatic nitrogens is 4. The number of hydrogen-bond acceptors (Lipinski definition) is 5. The van der Waals surface area contributed by atoms with Crippen molar-refractivity contribution in [3.05, 3.63) is 50.9 Å². The second-order valence-corrected chi connectivity index (χ2v) is 6.74. The summed E-state index contributed by atoms with van der Waals surface area (Å²) in [4.78, 5) is 43.4.